The molecular formula is C18H22N2O5. The zero-order chi connectivity index (χ0) is 18.8. The van der Waals surface area contributed by atoms with E-state index < -0.39 is 23.7 Å². The number of Topliss-reactive ketones (excluding diaryl/α,β-unsaturated/α-hetero) is 1. The van der Waals surface area contributed by atoms with Crippen molar-refractivity contribution in [1.82, 2.24) is 4.57 Å². The predicted molar refractivity (Wildman–Crippen MR) is 92.5 cm³/mol. The van der Waals surface area contributed by atoms with E-state index in [2.05, 4.69) is 0 Å². The molecule has 1 heterocycles. The number of carbonyl (C=O) groups is 3. The first kappa shape index (κ1) is 18.7. The van der Waals surface area contributed by atoms with Crippen LogP contribution in [-0.2, 0) is 20.7 Å². The van der Waals surface area contributed by atoms with Crippen molar-refractivity contribution < 1.29 is 24.2 Å². The van der Waals surface area contributed by atoms with Gasteiger partial charge >= 0.3 is 12.1 Å². The van der Waals surface area contributed by atoms with Gasteiger partial charge in [0.1, 0.15) is 17.4 Å². The highest BCUT2D eigenvalue weighted by atomic mass is 16.6. The fraction of sp³-hybridized carbons (Fsp3) is 0.389. The van der Waals surface area contributed by atoms with Crippen molar-refractivity contribution in [3.05, 3.63) is 36.0 Å². The number of carboxylic acids is 1. The van der Waals surface area contributed by atoms with E-state index in [-0.39, 0.29) is 18.6 Å². The molecule has 1 unspecified atom stereocenters. The van der Waals surface area contributed by atoms with Crippen LogP contribution in [0, 0.1) is 0 Å². The van der Waals surface area contributed by atoms with Crippen molar-refractivity contribution in [2.45, 2.75) is 45.3 Å². The van der Waals surface area contributed by atoms with E-state index >= 15 is 0 Å². The minimum absolute atomic E-state index is 0.00269. The van der Waals surface area contributed by atoms with Crippen molar-refractivity contribution in [2.24, 2.45) is 5.73 Å². The summed E-state index contributed by atoms with van der Waals surface area (Å²) < 4.78 is 6.75. The predicted octanol–water partition coefficient (Wildman–Crippen LogP) is 2.34. The summed E-state index contributed by atoms with van der Waals surface area (Å²) >= 11 is 0. The number of nitrogens with two attached hydrogens (primary N) is 1. The lowest BCUT2D eigenvalue weighted by atomic mass is 10.0. The van der Waals surface area contributed by atoms with E-state index in [1.54, 1.807) is 51.2 Å². The van der Waals surface area contributed by atoms with Crippen LogP contribution in [0.4, 0.5) is 4.79 Å². The molecule has 0 radical (unpaired) electrons. The molecule has 0 bridgehead atoms. The lowest BCUT2D eigenvalue weighted by molar-refractivity contribution is -0.140. The summed E-state index contributed by atoms with van der Waals surface area (Å²) in [6.45, 7) is 5.32. The Kier molecular flexibility index (Phi) is 5.27. The smallest absolute Gasteiger partial charge is 0.419 e. The number of hydrogen-bond donors (Lipinski definition) is 2. The molecule has 0 saturated carbocycles. The lowest BCUT2D eigenvalue weighted by Gasteiger charge is -2.19. The van der Waals surface area contributed by atoms with Crippen molar-refractivity contribution in [2.75, 3.05) is 0 Å². The molecule has 25 heavy (non-hydrogen) atoms. The maximum absolute atomic E-state index is 12.4. The van der Waals surface area contributed by atoms with Gasteiger partial charge in [0.15, 0.2) is 0 Å². The van der Waals surface area contributed by atoms with Crippen molar-refractivity contribution >= 4 is 28.7 Å². The Morgan fingerprint density at radius 2 is 1.88 bits per heavy atom. The Labute approximate surface area is 145 Å². The first-order valence-electron chi connectivity index (χ1n) is 7.91. The van der Waals surface area contributed by atoms with E-state index in [1.165, 1.54) is 4.57 Å². The van der Waals surface area contributed by atoms with Crippen LogP contribution < -0.4 is 5.73 Å². The Hall–Kier alpha value is -2.67. The number of ether oxygens (including phenoxy) is 1. The topological polar surface area (TPSA) is 112 Å². The van der Waals surface area contributed by atoms with Gasteiger partial charge in [-0.05, 0) is 32.4 Å². The maximum atomic E-state index is 12.4. The molecule has 2 aromatic rings. The molecule has 3 N–H and O–H groups in total. The molecule has 0 fully saturated rings. The van der Waals surface area contributed by atoms with Crippen LogP contribution in [0.3, 0.4) is 0 Å². The molecule has 0 amide bonds. The fourth-order valence-corrected chi connectivity index (χ4v) is 2.47. The zero-order valence-electron chi connectivity index (χ0n) is 14.5. The molecule has 0 spiro atoms. The second-order valence-electron chi connectivity index (χ2n) is 6.89. The van der Waals surface area contributed by atoms with Gasteiger partial charge in [0.2, 0.25) is 0 Å². The second kappa shape index (κ2) is 7.06. The molecule has 7 heteroatoms. The zero-order valence-corrected chi connectivity index (χ0v) is 14.5. The molecule has 1 aromatic heterocycles. The normalized spacial score (nSPS) is 12.8. The monoisotopic (exact) mass is 346 g/mol. The summed E-state index contributed by atoms with van der Waals surface area (Å²) in [4.78, 5) is 35.3. The van der Waals surface area contributed by atoms with Crippen LogP contribution in [0.1, 0.15) is 32.8 Å². The highest BCUT2D eigenvalue weighted by Crippen LogP contribution is 2.23. The van der Waals surface area contributed by atoms with Crippen LogP contribution in [-0.4, -0.2) is 39.2 Å². The average molecular weight is 346 g/mol. The van der Waals surface area contributed by atoms with Gasteiger partial charge in [-0.3, -0.25) is 14.2 Å². The van der Waals surface area contributed by atoms with Gasteiger partial charge in [-0.25, -0.2) is 4.79 Å². The van der Waals surface area contributed by atoms with Crippen molar-refractivity contribution in [3.63, 3.8) is 0 Å². The molecular weight excluding hydrogens is 324 g/mol. The molecule has 134 valence electrons. The molecule has 0 aliphatic rings. The lowest BCUT2D eigenvalue weighted by Crippen LogP contribution is -2.32. The molecule has 0 aliphatic heterocycles. The van der Waals surface area contributed by atoms with Gasteiger partial charge in [-0.2, -0.15) is 0 Å². The first-order chi connectivity index (χ1) is 11.6. The SMILES string of the molecule is CC(C)(C)OC(=O)n1cc(CC(=O)CC(N)C(=O)O)c2ccccc21. The third kappa shape index (κ3) is 4.67. The number of carbonyl (C=O) groups excluding carboxylic acids is 2. The summed E-state index contributed by atoms with van der Waals surface area (Å²) in [6, 6.07) is 5.92. The molecule has 1 atom stereocenters. The van der Waals surface area contributed by atoms with E-state index in [0.29, 0.717) is 11.1 Å². The summed E-state index contributed by atoms with van der Waals surface area (Å²) in [5.74, 6) is -1.52. The van der Waals surface area contributed by atoms with Gasteiger partial charge in [-0.15, -0.1) is 0 Å². The molecule has 2 rings (SSSR count). The van der Waals surface area contributed by atoms with E-state index in [4.69, 9.17) is 15.6 Å². The highest BCUT2D eigenvalue weighted by molar-refractivity contribution is 5.95. The number of carboxylic acid groups (broad SMARTS) is 1. The third-order valence-corrected chi connectivity index (χ3v) is 3.54. The van der Waals surface area contributed by atoms with Crippen LogP contribution in [0.5, 0.6) is 0 Å². The molecule has 0 saturated heterocycles. The van der Waals surface area contributed by atoms with Gasteiger partial charge in [0.25, 0.3) is 0 Å². The number of benzene rings is 1. The quantitative estimate of drug-likeness (QED) is 0.859. The summed E-state index contributed by atoms with van der Waals surface area (Å²) in [5.41, 5.74) is 6.02. The minimum atomic E-state index is -1.23. The second-order valence-corrected chi connectivity index (χ2v) is 6.89. The summed E-state index contributed by atoms with van der Waals surface area (Å²) in [6.07, 6.45) is 0.756. The largest absolute Gasteiger partial charge is 0.480 e. The van der Waals surface area contributed by atoms with E-state index in [1.807, 2.05) is 0 Å². The first-order valence-corrected chi connectivity index (χ1v) is 7.91. The Bertz CT molecular complexity index is 816. The Morgan fingerprint density at radius 1 is 1.24 bits per heavy atom. The van der Waals surface area contributed by atoms with E-state index in [0.717, 1.165) is 5.39 Å². The van der Waals surface area contributed by atoms with Crippen LogP contribution in [0.15, 0.2) is 30.5 Å². The van der Waals surface area contributed by atoms with Gasteiger partial charge in [-0.1, -0.05) is 18.2 Å². The summed E-state index contributed by atoms with van der Waals surface area (Å²) in [7, 11) is 0. The molecule has 0 aliphatic carbocycles. The third-order valence-electron chi connectivity index (χ3n) is 3.54. The number of rotatable bonds is 5. The highest BCUT2D eigenvalue weighted by Gasteiger charge is 2.22. The van der Waals surface area contributed by atoms with Gasteiger partial charge in [0, 0.05) is 24.4 Å². The van der Waals surface area contributed by atoms with Crippen LogP contribution in [0.25, 0.3) is 10.9 Å². The summed E-state index contributed by atoms with van der Waals surface area (Å²) in [5, 5.41) is 9.55. The number of fused-ring (bicyclic) bond motifs is 1. The van der Waals surface area contributed by atoms with E-state index in [9.17, 15) is 14.4 Å². The fourth-order valence-electron chi connectivity index (χ4n) is 2.47. The average Bonchev–Trinajstić information content (AvgIpc) is 2.84. The number of hydrogen-bond acceptors (Lipinski definition) is 5. The number of nitrogens with zero attached hydrogens (tertiary/aromatic N) is 1. The van der Waals surface area contributed by atoms with Gasteiger partial charge in [0.05, 0.1) is 5.52 Å². The van der Waals surface area contributed by atoms with Crippen LogP contribution in [0.2, 0.25) is 0 Å². The van der Waals surface area contributed by atoms with Crippen LogP contribution >= 0.6 is 0 Å². The Morgan fingerprint density at radius 3 is 2.48 bits per heavy atom. The van der Waals surface area contributed by atoms with Gasteiger partial charge < -0.3 is 15.6 Å². The Balaban J connectivity index is 2.31. The molecule has 1 aromatic carbocycles. The number of aromatic nitrogens is 1. The number of para-hydroxylation sites is 1. The minimum Gasteiger partial charge on any atom is -0.480 e. The maximum Gasteiger partial charge on any atom is 0.419 e. The van der Waals surface area contributed by atoms with Crippen molar-refractivity contribution in [3.8, 4) is 0 Å². The number of aliphatic carboxylic acids is 1. The molecule has 7 nitrogen and oxygen atoms in total. The standard InChI is InChI=1S/C18H22N2O5/c1-18(2,3)25-17(24)20-10-11(13-6-4-5-7-15(13)20)8-12(21)9-14(19)16(22)23/h4-7,10,14H,8-9,19H2,1-3H3,(H,22,23). The number of ketones is 1. The van der Waals surface area contributed by atoms with Crippen molar-refractivity contribution in [1.29, 1.82) is 0 Å².